The molecule has 0 bridgehead atoms. The number of hydrogen-bond donors (Lipinski definition) is 2. The third-order valence-corrected chi connectivity index (χ3v) is 3.17. The SMILES string of the molecule is CC(C(=O)Nc1cc(C#CCO)ccc1Cl)n1cccn1. The minimum absolute atomic E-state index is 0.222. The number of nitrogens with one attached hydrogen (secondary N) is 1. The molecule has 0 aliphatic carbocycles. The lowest BCUT2D eigenvalue weighted by Gasteiger charge is -2.13. The van der Waals surface area contributed by atoms with Crippen LogP contribution in [0.3, 0.4) is 0 Å². The number of aliphatic hydroxyl groups is 1. The van der Waals surface area contributed by atoms with Gasteiger partial charge in [-0.3, -0.25) is 9.48 Å². The lowest BCUT2D eigenvalue weighted by molar-refractivity contribution is -0.119. The van der Waals surface area contributed by atoms with E-state index in [9.17, 15) is 4.79 Å². The van der Waals surface area contributed by atoms with Crippen LogP contribution in [0.2, 0.25) is 5.02 Å². The number of amides is 1. The molecule has 0 radical (unpaired) electrons. The molecular formula is C15H14ClN3O2. The first kappa shape index (κ1) is 15.1. The zero-order valence-corrected chi connectivity index (χ0v) is 12.1. The molecule has 0 fully saturated rings. The maximum atomic E-state index is 12.2. The van der Waals surface area contributed by atoms with Gasteiger partial charge in [0, 0.05) is 18.0 Å². The number of aromatic nitrogens is 2. The monoisotopic (exact) mass is 303 g/mol. The molecule has 0 aliphatic heterocycles. The van der Waals surface area contributed by atoms with Crippen molar-refractivity contribution in [2.45, 2.75) is 13.0 Å². The topological polar surface area (TPSA) is 67.2 Å². The summed E-state index contributed by atoms with van der Waals surface area (Å²) in [5.41, 5.74) is 1.14. The van der Waals surface area contributed by atoms with Crippen LogP contribution in [0.15, 0.2) is 36.7 Å². The standard InChI is InChI=1S/C15H14ClN3O2/c1-11(19-8-3-7-17-19)15(21)18-14-10-12(4-2-9-20)5-6-13(14)16/h3,5-8,10-11,20H,9H2,1H3,(H,18,21). The van der Waals surface area contributed by atoms with Crippen LogP contribution in [0.25, 0.3) is 0 Å². The lowest BCUT2D eigenvalue weighted by atomic mass is 10.2. The van der Waals surface area contributed by atoms with Gasteiger partial charge in [-0.15, -0.1) is 0 Å². The molecular weight excluding hydrogens is 290 g/mol. The second kappa shape index (κ2) is 6.93. The summed E-state index contributed by atoms with van der Waals surface area (Å²) >= 11 is 6.07. The van der Waals surface area contributed by atoms with Crippen molar-refractivity contribution in [1.29, 1.82) is 0 Å². The molecule has 2 aromatic rings. The Labute approximate surface area is 127 Å². The Hall–Kier alpha value is -2.29. The molecule has 5 nitrogen and oxygen atoms in total. The molecule has 21 heavy (non-hydrogen) atoms. The Bertz CT molecular complexity index is 687. The van der Waals surface area contributed by atoms with Gasteiger partial charge >= 0.3 is 0 Å². The maximum Gasteiger partial charge on any atom is 0.248 e. The van der Waals surface area contributed by atoms with Gasteiger partial charge in [-0.05, 0) is 31.2 Å². The quantitative estimate of drug-likeness (QED) is 0.853. The fourth-order valence-corrected chi connectivity index (χ4v) is 1.87. The molecule has 2 rings (SSSR count). The number of nitrogens with zero attached hydrogens (tertiary/aromatic N) is 2. The molecule has 6 heteroatoms. The number of halogens is 1. The van der Waals surface area contributed by atoms with Crippen molar-refractivity contribution in [2.24, 2.45) is 0 Å². The number of hydrogen-bond acceptors (Lipinski definition) is 3. The van der Waals surface area contributed by atoms with Crippen LogP contribution in [0.4, 0.5) is 5.69 Å². The molecule has 0 saturated carbocycles. The van der Waals surface area contributed by atoms with Gasteiger partial charge in [-0.1, -0.05) is 23.4 Å². The van der Waals surface area contributed by atoms with Gasteiger partial charge in [0.15, 0.2) is 0 Å². The van der Waals surface area contributed by atoms with E-state index in [2.05, 4.69) is 22.3 Å². The number of carbonyl (C=O) groups excluding carboxylic acids is 1. The van der Waals surface area contributed by atoms with E-state index in [1.54, 1.807) is 48.3 Å². The van der Waals surface area contributed by atoms with Crippen molar-refractivity contribution in [3.05, 3.63) is 47.2 Å². The summed E-state index contributed by atoms with van der Waals surface area (Å²) in [4.78, 5) is 12.2. The predicted octanol–water partition coefficient (Wildman–Crippen LogP) is 2.08. The molecule has 0 saturated heterocycles. The molecule has 1 heterocycles. The molecule has 1 aromatic carbocycles. The largest absolute Gasteiger partial charge is 0.384 e. The summed E-state index contributed by atoms with van der Waals surface area (Å²) < 4.78 is 1.55. The van der Waals surface area contributed by atoms with Crippen molar-refractivity contribution in [3.63, 3.8) is 0 Å². The van der Waals surface area contributed by atoms with Gasteiger partial charge < -0.3 is 10.4 Å². The van der Waals surface area contributed by atoms with Crippen LogP contribution >= 0.6 is 11.6 Å². The van der Waals surface area contributed by atoms with Crippen molar-refractivity contribution in [1.82, 2.24) is 9.78 Å². The molecule has 108 valence electrons. The second-order valence-corrected chi connectivity index (χ2v) is 4.71. The van der Waals surface area contributed by atoms with Gasteiger partial charge in [-0.2, -0.15) is 5.10 Å². The highest BCUT2D eigenvalue weighted by Gasteiger charge is 2.16. The summed E-state index contributed by atoms with van der Waals surface area (Å²) in [6.07, 6.45) is 3.33. The van der Waals surface area contributed by atoms with Crippen LogP contribution in [0.5, 0.6) is 0 Å². The van der Waals surface area contributed by atoms with Gasteiger partial charge in [0.2, 0.25) is 5.91 Å². The van der Waals surface area contributed by atoms with Crippen molar-refractivity contribution in [3.8, 4) is 11.8 Å². The maximum absolute atomic E-state index is 12.2. The van der Waals surface area contributed by atoms with Crippen LogP contribution in [0.1, 0.15) is 18.5 Å². The van der Waals surface area contributed by atoms with Gasteiger partial charge in [0.05, 0.1) is 10.7 Å². The van der Waals surface area contributed by atoms with E-state index in [0.29, 0.717) is 16.3 Å². The van der Waals surface area contributed by atoms with E-state index in [1.807, 2.05) is 0 Å². The van der Waals surface area contributed by atoms with E-state index >= 15 is 0 Å². The molecule has 1 atom stereocenters. The first-order chi connectivity index (χ1) is 10.1. The highest BCUT2D eigenvalue weighted by molar-refractivity contribution is 6.33. The van der Waals surface area contributed by atoms with Gasteiger partial charge in [-0.25, -0.2) is 0 Å². The number of carbonyl (C=O) groups is 1. The first-order valence-electron chi connectivity index (χ1n) is 6.31. The minimum Gasteiger partial charge on any atom is -0.384 e. The number of aliphatic hydroxyl groups excluding tert-OH is 1. The van der Waals surface area contributed by atoms with E-state index in [-0.39, 0.29) is 12.5 Å². The van der Waals surface area contributed by atoms with Crippen LogP contribution in [-0.4, -0.2) is 27.4 Å². The minimum atomic E-state index is -0.455. The zero-order chi connectivity index (χ0) is 15.2. The average molecular weight is 304 g/mol. The molecule has 2 N–H and O–H groups in total. The molecule has 1 amide bonds. The van der Waals surface area contributed by atoms with Crippen molar-refractivity contribution in [2.75, 3.05) is 11.9 Å². The summed E-state index contributed by atoms with van der Waals surface area (Å²) in [6.45, 7) is 1.52. The molecule has 0 aliphatic rings. The van der Waals surface area contributed by atoms with Crippen molar-refractivity contribution >= 4 is 23.2 Å². The van der Waals surface area contributed by atoms with E-state index in [0.717, 1.165) is 0 Å². The Morgan fingerprint density at radius 2 is 2.38 bits per heavy atom. The van der Waals surface area contributed by atoms with Crippen LogP contribution in [-0.2, 0) is 4.79 Å². The molecule has 1 aromatic heterocycles. The lowest BCUT2D eigenvalue weighted by Crippen LogP contribution is -2.24. The highest BCUT2D eigenvalue weighted by Crippen LogP contribution is 2.23. The van der Waals surface area contributed by atoms with Gasteiger partial charge in [0.1, 0.15) is 12.6 Å². The normalized spacial score (nSPS) is 11.4. The molecule has 0 spiro atoms. The average Bonchev–Trinajstić information content (AvgIpc) is 3.01. The summed E-state index contributed by atoms with van der Waals surface area (Å²) in [7, 11) is 0. The fraction of sp³-hybridized carbons (Fsp3) is 0.200. The Balaban J connectivity index is 2.16. The smallest absolute Gasteiger partial charge is 0.248 e. The Morgan fingerprint density at radius 3 is 3.05 bits per heavy atom. The number of anilines is 1. The van der Waals surface area contributed by atoms with E-state index in [1.165, 1.54) is 0 Å². The molecule has 1 unspecified atom stereocenters. The summed E-state index contributed by atoms with van der Waals surface area (Å²) in [5, 5.41) is 15.9. The first-order valence-corrected chi connectivity index (χ1v) is 6.69. The summed E-state index contributed by atoms with van der Waals surface area (Å²) in [6, 6.07) is 6.33. The summed E-state index contributed by atoms with van der Waals surface area (Å²) in [5.74, 6) is 5.08. The predicted molar refractivity (Wildman–Crippen MR) is 81.0 cm³/mol. The Kier molecular flexibility index (Phi) is 4.99. The van der Waals surface area contributed by atoms with Crippen LogP contribution in [0, 0.1) is 11.8 Å². The highest BCUT2D eigenvalue weighted by atomic mass is 35.5. The zero-order valence-electron chi connectivity index (χ0n) is 11.4. The van der Waals surface area contributed by atoms with Crippen molar-refractivity contribution < 1.29 is 9.90 Å². The third-order valence-electron chi connectivity index (χ3n) is 2.84. The Morgan fingerprint density at radius 1 is 1.57 bits per heavy atom. The van der Waals surface area contributed by atoms with Crippen LogP contribution < -0.4 is 5.32 Å². The number of rotatable bonds is 3. The van der Waals surface area contributed by atoms with E-state index in [4.69, 9.17) is 16.7 Å². The third kappa shape index (κ3) is 3.85. The van der Waals surface area contributed by atoms with Gasteiger partial charge in [0.25, 0.3) is 0 Å². The second-order valence-electron chi connectivity index (χ2n) is 4.31. The fourth-order valence-electron chi connectivity index (χ4n) is 1.71. The number of benzene rings is 1. The van der Waals surface area contributed by atoms with E-state index < -0.39 is 6.04 Å².